The van der Waals surface area contributed by atoms with Gasteiger partial charge in [0.05, 0.1) is 16.7 Å². The summed E-state index contributed by atoms with van der Waals surface area (Å²) < 4.78 is 49.3. The molecule has 1 saturated heterocycles. The highest BCUT2D eigenvalue weighted by molar-refractivity contribution is 8.05. The lowest BCUT2D eigenvalue weighted by atomic mass is 10.1. The number of rotatable bonds is 5. The predicted molar refractivity (Wildman–Crippen MR) is 77.3 cm³/mol. The zero-order valence-corrected chi connectivity index (χ0v) is 13.2. The minimum Gasteiger partial charge on any atom is -0.211 e. The highest BCUT2D eigenvalue weighted by Gasteiger charge is 2.50. The number of hydrogen-bond acceptors (Lipinski definition) is 4. The largest absolute Gasteiger partial charge is 0.256 e. The Morgan fingerprint density at radius 3 is 2.35 bits per heavy atom. The van der Waals surface area contributed by atoms with Gasteiger partial charge in [-0.15, -0.1) is 0 Å². The second kappa shape index (κ2) is 5.46. The fourth-order valence-corrected chi connectivity index (χ4v) is 6.62. The molecule has 2 rings (SSSR count). The zero-order valence-electron chi connectivity index (χ0n) is 11.6. The van der Waals surface area contributed by atoms with Crippen molar-refractivity contribution >= 4 is 20.0 Å². The Morgan fingerprint density at radius 2 is 1.85 bits per heavy atom. The summed E-state index contributed by atoms with van der Waals surface area (Å²) in [5.74, 6) is -0.0713. The van der Waals surface area contributed by atoms with E-state index in [0.29, 0.717) is 10.1 Å². The van der Waals surface area contributed by atoms with E-state index in [-0.39, 0.29) is 10.6 Å². The summed E-state index contributed by atoms with van der Waals surface area (Å²) >= 11 is 0. The van der Waals surface area contributed by atoms with Crippen molar-refractivity contribution in [2.24, 2.45) is 0 Å². The normalized spacial score (nSPS) is 22.4. The van der Waals surface area contributed by atoms with Crippen molar-refractivity contribution in [1.29, 1.82) is 0 Å². The SMILES string of the molecule is CCCCC1CS(=O)(=O)N1S(=O)(=O)c1ccc(C)cc1. The van der Waals surface area contributed by atoms with Gasteiger partial charge in [-0.25, -0.2) is 16.8 Å². The first-order valence-electron chi connectivity index (χ1n) is 6.63. The highest BCUT2D eigenvalue weighted by Crippen LogP contribution is 2.33. The Hall–Kier alpha value is -0.920. The third-order valence-corrected chi connectivity index (χ3v) is 7.98. The molecule has 0 N–H and O–H groups in total. The van der Waals surface area contributed by atoms with Crippen LogP contribution in [-0.4, -0.2) is 32.3 Å². The molecule has 112 valence electrons. The number of unbranched alkanes of at least 4 members (excludes halogenated alkanes) is 1. The molecule has 0 spiro atoms. The van der Waals surface area contributed by atoms with Crippen molar-refractivity contribution in [3.05, 3.63) is 29.8 Å². The summed E-state index contributed by atoms with van der Waals surface area (Å²) in [6.45, 7) is 3.84. The minimum absolute atomic E-state index is 0.0351. The van der Waals surface area contributed by atoms with E-state index >= 15 is 0 Å². The lowest BCUT2D eigenvalue weighted by molar-refractivity contribution is 0.368. The summed E-state index contributed by atoms with van der Waals surface area (Å²) in [6.07, 6.45) is 2.32. The van der Waals surface area contributed by atoms with E-state index < -0.39 is 26.1 Å². The van der Waals surface area contributed by atoms with Crippen molar-refractivity contribution < 1.29 is 16.8 Å². The van der Waals surface area contributed by atoms with Gasteiger partial charge in [0, 0.05) is 0 Å². The van der Waals surface area contributed by atoms with Gasteiger partial charge in [-0.05, 0) is 25.5 Å². The van der Waals surface area contributed by atoms with Gasteiger partial charge in [0.2, 0.25) is 10.0 Å². The Balaban J connectivity index is 2.33. The van der Waals surface area contributed by atoms with Gasteiger partial charge < -0.3 is 0 Å². The van der Waals surface area contributed by atoms with Crippen LogP contribution in [0.15, 0.2) is 29.2 Å². The molecule has 1 aliphatic heterocycles. The van der Waals surface area contributed by atoms with E-state index in [1.54, 1.807) is 12.1 Å². The van der Waals surface area contributed by atoms with Crippen molar-refractivity contribution in [1.82, 2.24) is 3.71 Å². The second-order valence-corrected chi connectivity index (χ2v) is 9.05. The maximum Gasteiger partial charge on any atom is 0.256 e. The molecule has 1 aromatic rings. The van der Waals surface area contributed by atoms with Crippen molar-refractivity contribution in [2.45, 2.75) is 44.0 Å². The van der Waals surface area contributed by atoms with Gasteiger partial charge in [0.25, 0.3) is 10.0 Å². The smallest absolute Gasteiger partial charge is 0.211 e. The zero-order chi connectivity index (χ0) is 15.0. The van der Waals surface area contributed by atoms with E-state index in [1.165, 1.54) is 12.1 Å². The molecule has 0 bridgehead atoms. The Bertz CT molecular complexity index is 678. The predicted octanol–water partition coefficient (Wildman–Crippen LogP) is 1.89. The Labute approximate surface area is 120 Å². The van der Waals surface area contributed by atoms with E-state index in [9.17, 15) is 16.8 Å². The number of nitrogens with zero attached hydrogens (tertiary/aromatic N) is 1. The fraction of sp³-hybridized carbons (Fsp3) is 0.538. The number of hydrogen-bond donors (Lipinski definition) is 0. The lowest BCUT2D eigenvalue weighted by Gasteiger charge is -2.38. The van der Waals surface area contributed by atoms with Gasteiger partial charge in [-0.2, -0.15) is 0 Å². The van der Waals surface area contributed by atoms with Crippen LogP contribution in [0.3, 0.4) is 0 Å². The minimum atomic E-state index is -3.96. The van der Waals surface area contributed by atoms with Crippen LogP contribution in [-0.2, 0) is 20.0 Å². The van der Waals surface area contributed by atoms with Crippen LogP contribution in [0.25, 0.3) is 0 Å². The first-order chi connectivity index (χ1) is 9.29. The molecule has 1 aromatic carbocycles. The molecule has 0 aromatic heterocycles. The van der Waals surface area contributed by atoms with E-state index in [0.717, 1.165) is 18.4 Å². The maximum atomic E-state index is 12.5. The molecule has 1 fully saturated rings. The molecule has 5 nitrogen and oxygen atoms in total. The lowest BCUT2D eigenvalue weighted by Crippen LogP contribution is -2.58. The van der Waals surface area contributed by atoms with Crippen LogP contribution in [0.5, 0.6) is 0 Å². The summed E-state index contributed by atoms with van der Waals surface area (Å²) in [7, 11) is -7.63. The Kier molecular flexibility index (Phi) is 4.22. The summed E-state index contributed by atoms with van der Waals surface area (Å²) in [5, 5.41) is 0. The highest BCUT2D eigenvalue weighted by atomic mass is 32.3. The average molecular weight is 317 g/mol. The molecule has 20 heavy (non-hydrogen) atoms. The standard InChI is InChI=1S/C13H19NO4S2/c1-3-4-5-12-10-19(15,16)14(12)20(17,18)13-8-6-11(2)7-9-13/h6-9,12H,3-5,10H2,1-2H3. The number of sulfonamides is 2. The van der Waals surface area contributed by atoms with Gasteiger partial charge >= 0.3 is 0 Å². The molecule has 0 aliphatic carbocycles. The molecule has 0 radical (unpaired) electrons. The molecule has 1 atom stereocenters. The molecule has 0 amide bonds. The van der Waals surface area contributed by atoms with Crippen LogP contribution in [0.2, 0.25) is 0 Å². The van der Waals surface area contributed by atoms with Gasteiger partial charge in [0.1, 0.15) is 0 Å². The number of benzene rings is 1. The summed E-state index contributed by atoms with van der Waals surface area (Å²) in [4.78, 5) is 0.0351. The third kappa shape index (κ3) is 2.75. The quantitative estimate of drug-likeness (QED) is 0.831. The van der Waals surface area contributed by atoms with Gasteiger partial charge in [-0.1, -0.05) is 41.2 Å². The average Bonchev–Trinajstić information content (AvgIpc) is 2.34. The Morgan fingerprint density at radius 1 is 1.25 bits per heavy atom. The molecule has 7 heteroatoms. The van der Waals surface area contributed by atoms with E-state index in [1.807, 2.05) is 13.8 Å². The van der Waals surface area contributed by atoms with Crippen molar-refractivity contribution in [3.63, 3.8) is 0 Å². The van der Waals surface area contributed by atoms with Crippen molar-refractivity contribution in [3.8, 4) is 0 Å². The monoisotopic (exact) mass is 317 g/mol. The first kappa shape index (κ1) is 15.5. The third-order valence-electron chi connectivity index (χ3n) is 3.42. The summed E-state index contributed by atoms with van der Waals surface area (Å²) in [5.41, 5.74) is 0.929. The fourth-order valence-electron chi connectivity index (χ4n) is 2.31. The molecule has 1 unspecified atom stereocenters. The van der Waals surface area contributed by atoms with Crippen molar-refractivity contribution in [2.75, 3.05) is 5.75 Å². The van der Waals surface area contributed by atoms with E-state index in [2.05, 4.69) is 0 Å². The molecule has 1 aliphatic rings. The van der Waals surface area contributed by atoms with Crippen LogP contribution >= 0.6 is 0 Å². The van der Waals surface area contributed by atoms with Gasteiger partial charge in [0.15, 0.2) is 0 Å². The summed E-state index contributed by atoms with van der Waals surface area (Å²) in [6, 6.07) is 5.82. The first-order valence-corrected chi connectivity index (χ1v) is 9.68. The number of aryl methyl sites for hydroxylation is 1. The van der Waals surface area contributed by atoms with Crippen LogP contribution < -0.4 is 0 Å². The van der Waals surface area contributed by atoms with Crippen LogP contribution in [0.1, 0.15) is 31.7 Å². The molecular formula is C13H19NO4S2. The molecule has 0 saturated carbocycles. The van der Waals surface area contributed by atoms with Crippen LogP contribution in [0, 0.1) is 6.92 Å². The molecule has 1 heterocycles. The maximum absolute atomic E-state index is 12.5. The van der Waals surface area contributed by atoms with Gasteiger partial charge in [-0.3, -0.25) is 0 Å². The second-order valence-electron chi connectivity index (χ2n) is 5.12. The van der Waals surface area contributed by atoms with E-state index in [4.69, 9.17) is 0 Å². The van der Waals surface area contributed by atoms with Crippen LogP contribution in [0.4, 0.5) is 0 Å². The molecular weight excluding hydrogens is 298 g/mol. The topological polar surface area (TPSA) is 71.5 Å².